The molecule has 0 fully saturated rings. The first-order valence-electron chi connectivity index (χ1n) is 6.58. The Morgan fingerprint density at radius 1 is 1.29 bits per heavy atom. The van der Waals surface area contributed by atoms with Gasteiger partial charge in [0.05, 0.1) is 0 Å². The van der Waals surface area contributed by atoms with E-state index < -0.39 is 0 Å². The number of rotatable bonds is 7. The maximum absolute atomic E-state index is 4.64. The highest BCUT2D eigenvalue weighted by atomic mass is 15.2. The molecular weight excluding hydrogens is 210 g/mol. The Morgan fingerprint density at radius 2 is 2.06 bits per heavy atom. The maximum Gasteiger partial charge on any atom is 0.129 e. The van der Waals surface area contributed by atoms with Crippen molar-refractivity contribution in [3.05, 3.63) is 23.4 Å². The highest BCUT2D eigenvalue weighted by Gasteiger charge is 2.07. The molecule has 3 heteroatoms. The zero-order valence-electron chi connectivity index (χ0n) is 11.6. The van der Waals surface area contributed by atoms with Crippen molar-refractivity contribution in [2.24, 2.45) is 0 Å². The molecule has 0 aliphatic heterocycles. The minimum atomic E-state index is 0.904. The van der Waals surface area contributed by atoms with Crippen LogP contribution in [-0.2, 0) is 6.54 Å². The van der Waals surface area contributed by atoms with Crippen LogP contribution in [0.2, 0.25) is 0 Å². The lowest BCUT2D eigenvalue weighted by atomic mass is 10.2. The van der Waals surface area contributed by atoms with Gasteiger partial charge in [-0.15, -0.1) is 0 Å². The summed E-state index contributed by atoms with van der Waals surface area (Å²) in [4.78, 5) is 7.00. The number of aromatic nitrogens is 1. The van der Waals surface area contributed by atoms with E-state index in [0.29, 0.717) is 0 Å². The molecule has 0 amide bonds. The molecule has 0 unspecified atom stereocenters. The zero-order valence-corrected chi connectivity index (χ0v) is 11.6. The Labute approximate surface area is 105 Å². The summed E-state index contributed by atoms with van der Waals surface area (Å²) in [5.41, 5.74) is 2.41. The van der Waals surface area contributed by atoms with Crippen LogP contribution in [0.15, 0.2) is 12.1 Å². The zero-order chi connectivity index (χ0) is 12.7. The second kappa shape index (κ2) is 7.28. The summed E-state index contributed by atoms with van der Waals surface area (Å²) in [5, 5.41) is 3.19. The molecule has 3 nitrogen and oxygen atoms in total. The molecule has 0 bridgehead atoms. The first-order chi connectivity index (χ1) is 8.21. The Bertz CT molecular complexity index is 336. The predicted octanol–water partition coefficient (Wildman–Crippen LogP) is 2.74. The summed E-state index contributed by atoms with van der Waals surface area (Å²) in [6.07, 6.45) is 2.45. The fourth-order valence-electron chi connectivity index (χ4n) is 1.97. The third-order valence-corrected chi connectivity index (χ3v) is 2.87. The third-order valence-electron chi connectivity index (χ3n) is 2.87. The molecule has 1 rings (SSSR count). The molecule has 17 heavy (non-hydrogen) atoms. The number of unbranched alkanes of at least 4 members (excludes halogenated alkanes) is 1. The van der Waals surface area contributed by atoms with Crippen molar-refractivity contribution < 1.29 is 0 Å². The minimum Gasteiger partial charge on any atom is -0.357 e. The highest BCUT2D eigenvalue weighted by Crippen LogP contribution is 2.15. The Morgan fingerprint density at radius 3 is 2.65 bits per heavy atom. The summed E-state index contributed by atoms with van der Waals surface area (Å²) in [6, 6.07) is 4.34. The van der Waals surface area contributed by atoms with Gasteiger partial charge in [-0.05, 0) is 45.0 Å². The van der Waals surface area contributed by atoms with Crippen molar-refractivity contribution in [3.63, 3.8) is 0 Å². The molecule has 1 aromatic heterocycles. The number of nitrogens with zero attached hydrogens (tertiary/aromatic N) is 2. The smallest absolute Gasteiger partial charge is 0.129 e. The average molecular weight is 235 g/mol. The Kier molecular flexibility index (Phi) is 5.98. The van der Waals surface area contributed by atoms with Crippen LogP contribution < -0.4 is 10.2 Å². The van der Waals surface area contributed by atoms with Crippen LogP contribution in [-0.4, -0.2) is 25.1 Å². The lowest BCUT2D eigenvalue weighted by Gasteiger charge is -2.22. The largest absolute Gasteiger partial charge is 0.357 e. The van der Waals surface area contributed by atoms with Crippen molar-refractivity contribution in [1.29, 1.82) is 0 Å². The fraction of sp³-hybridized carbons (Fsp3) is 0.643. The van der Waals surface area contributed by atoms with Crippen molar-refractivity contribution in [1.82, 2.24) is 10.3 Å². The molecule has 0 radical (unpaired) electrons. The predicted molar refractivity (Wildman–Crippen MR) is 74.5 cm³/mol. The van der Waals surface area contributed by atoms with E-state index >= 15 is 0 Å². The summed E-state index contributed by atoms with van der Waals surface area (Å²) in [5.74, 6) is 1.12. The van der Waals surface area contributed by atoms with Gasteiger partial charge in [0.1, 0.15) is 5.82 Å². The molecule has 0 saturated heterocycles. The van der Waals surface area contributed by atoms with Gasteiger partial charge >= 0.3 is 0 Å². The van der Waals surface area contributed by atoms with Gasteiger partial charge in [0.2, 0.25) is 0 Å². The van der Waals surface area contributed by atoms with Crippen molar-refractivity contribution >= 4 is 5.82 Å². The normalized spacial score (nSPS) is 10.6. The van der Waals surface area contributed by atoms with E-state index in [1.54, 1.807) is 0 Å². The van der Waals surface area contributed by atoms with Crippen molar-refractivity contribution in [2.75, 3.05) is 25.0 Å². The number of nitrogens with one attached hydrogen (secondary N) is 1. The molecule has 0 aromatic carbocycles. The fourth-order valence-corrected chi connectivity index (χ4v) is 1.97. The average Bonchev–Trinajstić information content (AvgIpc) is 2.30. The lowest BCUT2D eigenvalue weighted by Crippen LogP contribution is -2.25. The van der Waals surface area contributed by atoms with Crippen molar-refractivity contribution in [2.45, 2.75) is 40.2 Å². The van der Waals surface area contributed by atoms with E-state index in [2.05, 4.69) is 48.1 Å². The van der Waals surface area contributed by atoms with E-state index in [9.17, 15) is 0 Å². The lowest BCUT2D eigenvalue weighted by molar-refractivity contribution is 0.720. The number of hydrogen-bond donors (Lipinski definition) is 1. The first-order valence-corrected chi connectivity index (χ1v) is 6.58. The van der Waals surface area contributed by atoms with Gasteiger partial charge in [0, 0.05) is 25.3 Å². The molecular formula is C14H25N3. The second-order valence-corrected chi connectivity index (χ2v) is 4.44. The minimum absolute atomic E-state index is 0.904. The summed E-state index contributed by atoms with van der Waals surface area (Å²) < 4.78 is 0. The van der Waals surface area contributed by atoms with Gasteiger partial charge in [-0.2, -0.15) is 0 Å². The van der Waals surface area contributed by atoms with Crippen LogP contribution in [0.3, 0.4) is 0 Å². The van der Waals surface area contributed by atoms with Crippen LogP contribution in [0.1, 0.15) is 37.9 Å². The van der Waals surface area contributed by atoms with Gasteiger partial charge < -0.3 is 10.2 Å². The van der Waals surface area contributed by atoms with Crippen LogP contribution in [0, 0.1) is 6.92 Å². The highest BCUT2D eigenvalue weighted by molar-refractivity contribution is 5.42. The van der Waals surface area contributed by atoms with E-state index in [-0.39, 0.29) is 0 Å². The number of pyridine rings is 1. The molecule has 0 aliphatic rings. The molecule has 0 aliphatic carbocycles. The topological polar surface area (TPSA) is 28.2 Å². The summed E-state index contributed by atoms with van der Waals surface area (Å²) in [6.45, 7) is 9.51. The van der Waals surface area contributed by atoms with E-state index in [4.69, 9.17) is 0 Å². The molecule has 1 N–H and O–H groups in total. The standard InChI is InChI=1S/C14H25N3/c1-5-7-8-17(6-2)14-10-13(11-15-4)9-12(3)16-14/h9-10,15H,5-8,11H2,1-4H3. The quantitative estimate of drug-likeness (QED) is 0.787. The van der Waals surface area contributed by atoms with E-state index in [1.165, 1.54) is 18.4 Å². The molecule has 0 atom stereocenters. The Hall–Kier alpha value is -1.09. The molecule has 0 saturated carbocycles. The molecule has 1 aromatic rings. The van der Waals surface area contributed by atoms with Crippen LogP contribution in [0.5, 0.6) is 0 Å². The van der Waals surface area contributed by atoms with Gasteiger partial charge in [-0.25, -0.2) is 4.98 Å². The third kappa shape index (κ3) is 4.35. The van der Waals surface area contributed by atoms with Gasteiger partial charge in [-0.1, -0.05) is 13.3 Å². The van der Waals surface area contributed by atoms with Crippen LogP contribution in [0.4, 0.5) is 5.82 Å². The summed E-state index contributed by atoms with van der Waals surface area (Å²) >= 11 is 0. The number of aryl methyl sites for hydroxylation is 1. The molecule has 0 spiro atoms. The van der Waals surface area contributed by atoms with Crippen molar-refractivity contribution in [3.8, 4) is 0 Å². The van der Waals surface area contributed by atoms with Gasteiger partial charge in [0.25, 0.3) is 0 Å². The van der Waals surface area contributed by atoms with Crippen LogP contribution in [0.25, 0.3) is 0 Å². The van der Waals surface area contributed by atoms with Gasteiger partial charge in [0.15, 0.2) is 0 Å². The second-order valence-electron chi connectivity index (χ2n) is 4.44. The van der Waals surface area contributed by atoms with E-state index in [1.807, 2.05) is 7.05 Å². The summed E-state index contributed by atoms with van der Waals surface area (Å²) in [7, 11) is 1.98. The SMILES string of the molecule is CCCCN(CC)c1cc(CNC)cc(C)n1. The number of anilines is 1. The number of hydrogen-bond acceptors (Lipinski definition) is 3. The maximum atomic E-state index is 4.64. The molecule has 96 valence electrons. The molecule has 1 heterocycles. The van der Waals surface area contributed by atoms with Crippen LogP contribution >= 0.6 is 0 Å². The van der Waals surface area contributed by atoms with E-state index in [0.717, 1.165) is 31.1 Å². The monoisotopic (exact) mass is 235 g/mol. The Balaban J connectivity index is 2.85. The van der Waals surface area contributed by atoms with Gasteiger partial charge in [-0.3, -0.25) is 0 Å². The first kappa shape index (κ1) is 14.0.